The molecule has 0 saturated carbocycles. The zero-order chi connectivity index (χ0) is 9.35. The van der Waals surface area contributed by atoms with E-state index in [2.05, 4.69) is 31.4 Å². The van der Waals surface area contributed by atoms with E-state index in [4.69, 9.17) is 5.73 Å². The average molecular weight is 166 g/mol. The molecule has 0 amide bonds. The van der Waals surface area contributed by atoms with E-state index < -0.39 is 0 Å². The van der Waals surface area contributed by atoms with E-state index in [1.165, 1.54) is 5.69 Å². The van der Waals surface area contributed by atoms with Gasteiger partial charge in [0.2, 0.25) is 0 Å². The Morgan fingerprint density at radius 1 is 1.50 bits per heavy atom. The molecule has 0 bridgehead atoms. The van der Waals surface area contributed by atoms with Crippen LogP contribution in [-0.4, -0.2) is 4.57 Å². The molecule has 0 spiro atoms. The summed E-state index contributed by atoms with van der Waals surface area (Å²) in [5, 5.41) is 0. The van der Waals surface area contributed by atoms with Crippen LogP contribution in [0.25, 0.3) is 0 Å². The largest absolute Gasteiger partial charge is 0.353 e. The molecule has 68 valence electrons. The molecular formula is C10H18N2. The second kappa shape index (κ2) is 2.94. The Kier molecular flexibility index (Phi) is 2.29. The van der Waals surface area contributed by atoms with E-state index in [0.29, 0.717) is 5.92 Å². The van der Waals surface area contributed by atoms with Crippen LogP contribution in [0.4, 0.5) is 0 Å². The first kappa shape index (κ1) is 9.33. The topological polar surface area (TPSA) is 30.9 Å². The molecule has 0 aliphatic rings. The fraction of sp³-hybridized carbons (Fsp3) is 0.600. The molecule has 2 heteroatoms. The van der Waals surface area contributed by atoms with Crippen LogP contribution in [0.1, 0.15) is 26.5 Å². The highest BCUT2D eigenvalue weighted by Crippen LogP contribution is 2.25. The molecule has 1 aromatic heterocycles. The summed E-state index contributed by atoms with van der Waals surface area (Å²) in [6.45, 7) is 6.37. The third kappa shape index (κ3) is 1.39. The van der Waals surface area contributed by atoms with Gasteiger partial charge in [-0.05, 0) is 25.0 Å². The van der Waals surface area contributed by atoms with Gasteiger partial charge < -0.3 is 10.3 Å². The predicted molar refractivity (Wildman–Crippen MR) is 51.8 cm³/mol. The van der Waals surface area contributed by atoms with Gasteiger partial charge >= 0.3 is 0 Å². The normalized spacial score (nSPS) is 16.5. The minimum absolute atomic E-state index is 0.224. The lowest BCUT2D eigenvalue weighted by molar-refractivity contribution is 0.333. The summed E-state index contributed by atoms with van der Waals surface area (Å²) in [4.78, 5) is 0. The van der Waals surface area contributed by atoms with E-state index in [0.717, 1.165) is 0 Å². The standard InChI is InChI=1S/C10H18N2/c1-8(2)10(3,11)9-6-5-7-12(9)4/h5-8H,11H2,1-4H3. The number of nitrogens with zero attached hydrogens (tertiary/aromatic N) is 1. The van der Waals surface area contributed by atoms with E-state index in [9.17, 15) is 0 Å². The number of rotatable bonds is 2. The Morgan fingerprint density at radius 2 is 2.08 bits per heavy atom. The van der Waals surface area contributed by atoms with Gasteiger partial charge in [0, 0.05) is 18.9 Å². The van der Waals surface area contributed by atoms with Gasteiger partial charge in [-0.2, -0.15) is 0 Å². The molecule has 0 saturated heterocycles. The van der Waals surface area contributed by atoms with Crippen LogP contribution in [-0.2, 0) is 12.6 Å². The molecule has 1 rings (SSSR count). The third-order valence-corrected chi connectivity index (χ3v) is 2.70. The van der Waals surface area contributed by atoms with Crippen LogP contribution >= 0.6 is 0 Å². The molecule has 1 heterocycles. The lowest BCUT2D eigenvalue weighted by Gasteiger charge is -2.29. The van der Waals surface area contributed by atoms with Crippen LogP contribution in [0, 0.1) is 5.92 Å². The second-order valence-electron chi connectivity index (χ2n) is 3.94. The van der Waals surface area contributed by atoms with E-state index in [1.807, 2.05) is 19.3 Å². The first-order chi connectivity index (χ1) is 5.46. The molecule has 2 N–H and O–H groups in total. The number of hydrogen-bond donors (Lipinski definition) is 1. The van der Waals surface area contributed by atoms with Crippen molar-refractivity contribution >= 4 is 0 Å². The van der Waals surface area contributed by atoms with E-state index >= 15 is 0 Å². The van der Waals surface area contributed by atoms with Gasteiger partial charge in [0.15, 0.2) is 0 Å². The van der Waals surface area contributed by atoms with Crippen LogP contribution in [0.2, 0.25) is 0 Å². The number of aryl methyl sites for hydroxylation is 1. The molecule has 1 aromatic rings. The second-order valence-corrected chi connectivity index (χ2v) is 3.94. The number of aromatic nitrogens is 1. The average Bonchev–Trinajstić information content (AvgIpc) is 2.35. The van der Waals surface area contributed by atoms with Gasteiger partial charge in [-0.25, -0.2) is 0 Å². The predicted octanol–water partition coefficient (Wildman–Crippen LogP) is 1.85. The molecule has 0 aliphatic carbocycles. The monoisotopic (exact) mass is 166 g/mol. The Labute approximate surface area is 74.4 Å². The van der Waals surface area contributed by atoms with Gasteiger partial charge in [-0.1, -0.05) is 13.8 Å². The molecule has 12 heavy (non-hydrogen) atoms. The van der Waals surface area contributed by atoms with E-state index in [1.54, 1.807) is 0 Å². The SMILES string of the molecule is CC(C)C(C)(N)c1cccn1C. The minimum atomic E-state index is -0.224. The van der Waals surface area contributed by atoms with Crippen molar-refractivity contribution in [2.75, 3.05) is 0 Å². The molecule has 2 nitrogen and oxygen atoms in total. The van der Waals surface area contributed by atoms with Crippen molar-refractivity contribution in [3.05, 3.63) is 24.0 Å². The summed E-state index contributed by atoms with van der Waals surface area (Å²) in [7, 11) is 2.03. The van der Waals surface area contributed by atoms with Gasteiger partial charge in [0.1, 0.15) is 0 Å². The lowest BCUT2D eigenvalue weighted by atomic mass is 9.86. The first-order valence-corrected chi connectivity index (χ1v) is 4.37. The summed E-state index contributed by atoms with van der Waals surface area (Å²) < 4.78 is 2.08. The van der Waals surface area contributed by atoms with Gasteiger partial charge in [-0.3, -0.25) is 0 Å². The zero-order valence-corrected chi connectivity index (χ0v) is 8.33. The van der Waals surface area contributed by atoms with Crippen LogP contribution in [0.15, 0.2) is 18.3 Å². The summed E-state index contributed by atoms with van der Waals surface area (Å²) >= 11 is 0. The maximum Gasteiger partial charge on any atom is 0.0558 e. The Morgan fingerprint density at radius 3 is 2.42 bits per heavy atom. The molecule has 1 unspecified atom stereocenters. The van der Waals surface area contributed by atoms with Crippen molar-refractivity contribution in [3.8, 4) is 0 Å². The Bertz CT molecular complexity index is 259. The Hall–Kier alpha value is -0.760. The molecule has 0 radical (unpaired) electrons. The molecular weight excluding hydrogens is 148 g/mol. The summed E-state index contributed by atoms with van der Waals surface area (Å²) in [6, 6.07) is 4.11. The smallest absolute Gasteiger partial charge is 0.0558 e. The van der Waals surface area contributed by atoms with Gasteiger partial charge in [0.25, 0.3) is 0 Å². The maximum atomic E-state index is 6.21. The summed E-state index contributed by atoms with van der Waals surface area (Å²) in [5.41, 5.74) is 7.17. The zero-order valence-electron chi connectivity index (χ0n) is 8.33. The quantitative estimate of drug-likeness (QED) is 0.714. The summed E-state index contributed by atoms with van der Waals surface area (Å²) in [5.74, 6) is 0.450. The van der Waals surface area contributed by atoms with Crippen molar-refractivity contribution in [1.29, 1.82) is 0 Å². The van der Waals surface area contributed by atoms with Gasteiger partial charge in [-0.15, -0.1) is 0 Å². The minimum Gasteiger partial charge on any atom is -0.353 e. The van der Waals surface area contributed by atoms with Crippen molar-refractivity contribution < 1.29 is 0 Å². The van der Waals surface area contributed by atoms with Crippen LogP contribution in [0.3, 0.4) is 0 Å². The molecule has 0 aliphatic heterocycles. The lowest BCUT2D eigenvalue weighted by Crippen LogP contribution is -2.40. The van der Waals surface area contributed by atoms with Crippen LogP contribution in [0.5, 0.6) is 0 Å². The maximum absolute atomic E-state index is 6.21. The van der Waals surface area contributed by atoms with Gasteiger partial charge in [0.05, 0.1) is 5.54 Å². The van der Waals surface area contributed by atoms with Crippen molar-refractivity contribution in [2.45, 2.75) is 26.3 Å². The highest BCUT2D eigenvalue weighted by molar-refractivity contribution is 5.17. The highest BCUT2D eigenvalue weighted by Gasteiger charge is 2.27. The number of hydrogen-bond acceptors (Lipinski definition) is 1. The first-order valence-electron chi connectivity index (χ1n) is 4.37. The highest BCUT2D eigenvalue weighted by atomic mass is 15.0. The molecule has 0 aromatic carbocycles. The third-order valence-electron chi connectivity index (χ3n) is 2.70. The summed E-state index contributed by atoms with van der Waals surface area (Å²) in [6.07, 6.45) is 2.03. The molecule has 1 atom stereocenters. The Balaban J connectivity index is 3.05. The van der Waals surface area contributed by atoms with E-state index in [-0.39, 0.29) is 5.54 Å². The molecule has 0 fully saturated rings. The fourth-order valence-electron chi connectivity index (χ4n) is 1.32. The van der Waals surface area contributed by atoms with Crippen molar-refractivity contribution in [2.24, 2.45) is 18.7 Å². The van der Waals surface area contributed by atoms with Crippen molar-refractivity contribution in [3.63, 3.8) is 0 Å². The van der Waals surface area contributed by atoms with Crippen LogP contribution < -0.4 is 5.73 Å². The number of nitrogens with two attached hydrogens (primary N) is 1. The fourth-order valence-corrected chi connectivity index (χ4v) is 1.32. The van der Waals surface area contributed by atoms with Crippen molar-refractivity contribution in [1.82, 2.24) is 4.57 Å².